The summed E-state index contributed by atoms with van der Waals surface area (Å²) < 4.78 is 45.9. The molecular weight excluding hydrogens is 479 g/mol. The van der Waals surface area contributed by atoms with Crippen LogP contribution in [0.15, 0.2) is 40.9 Å². The average Bonchev–Trinajstić information content (AvgIpc) is 2.87. The number of ether oxygens (including phenoxy) is 1. The maximum atomic E-state index is 13.4. The van der Waals surface area contributed by atoms with Crippen LogP contribution in [0.3, 0.4) is 0 Å². The van der Waals surface area contributed by atoms with Gasteiger partial charge >= 0.3 is 12.2 Å². The van der Waals surface area contributed by atoms with Crippen molar-refractivity contribution in [2.75, 3.05) is 12.0 Å². The molecule has 2 aromatic carbocycles. The summed E-state index contributed by atoms with van der Waals surface area (Å²) in [6, 6.07) is 8.62. The molecular formula is C21H17BrF3N3O3. The topological polar surface area (TPSA) is 73.6 Å². The van der Waals surface area contributed by atoms with E-state index in [9.17, 15) is 22.8 Å². The third-order valence-corrected chi connectivity index (χ3v) is 5.84. The van der Waals surface area contributed by atoms with E-state index in [4.69, 9.17) is 10.00 Å². The van der Waals surface area contributed by atoms with Crippen molar-refractivity contribution in [1.29, 1.82) is 5.26 Å². The van der Waals surface area contributed by atoms with Crippen LogP contribution in [0.1, 0.15) is 30.5 Å². The summed E-state index contributed by atoms with van der Waals surface area (Å²) in [7, 11) is 1.51. The third kappa shape index (κ3) is 3.97. The number of nitriles is 1. The molecule has 6 nitrogen and oxygen atoms in total. The third-order valence-electron chi connectivity index (χ3n) is 5.10. The Balaban J connectivity index is 2.01. The molecule has 31 heavy (non-hydrogen) atoms. The number of nitrogens with zero attached hydrogens (tertiary/aromatic N) is 3. The van der Waals surface area contributed by atoms with Crippen molar-refractivity contribution >= 4 is 33.6 Å². The molecule has 0 N–H and O–H groups in total. The van der Waals surface area contributed by atoms with E-state index >= 15 is 0 Å². The number of amides is 3. The zero-order valence-electron chi connectivity index (χ0n) is 16.7. The first-order chi connectivity index (χ1) is 14.4. The van der Waals surface area contributed by atoms with Crippen molar-refractivity contribution in [3.05, 3.63) is 57.6 Å². The normalized spacial score (nSPS) is 15.9. The number of hydrogen-bond donors (Lipinski definition) is 0. The van der Waals surface area contributed by atoms with Crippen LogP contribution in [0.4, 0.5) is 23.7 Å². The Morgan fingerprint density at radius 2 is 1.84 bits per heavy atom. The number of benzene rings is 2. The second kappa shape index (κ2) is 7.89. The molecule has 0 aromatic heterocycles. The van der Waals surface area contributed by atoms with Crippen LogP contribution >= 0.6 is 15.9 Å². The molecule has 3 amide bonds. The largest absolute Gasteiger partial charge is 0.497 e. The first kappa shape index (κ1) is 22.6. The van der Waals surface area contributed by atoms with Crippen LogP contribution in [0.5, 0.6) is 5.75 Å². The number of alkyl halides is 3. The number of carbonyl (C=O) groups is 2. The minimum atomic E-state index is -4.81. The van der Waals surface area contributed by atoms with Gasteiger partial charge in [-0.2, -0.15) is 18.4 Å². The maximum absolute atomic E-state index is 13.4. The first-order valence-electron chi connectivity index (χ1n) is 9.01. The lowest BCUT2D eigenvalue weighted by atomic mass is 10.0. The first-order valence-corrected chi connectivity index (χ1v) is 9.81. The SMILES string of the molecule is COc1ccc(CN2C(=O)N(c3ccc(C#N)c(C(F)(F)F)c3)C(=O)C2(C)C)c(Br)c1. The van der Waals surface area contributed by atoms with Gasteiger partial charge in [0.05, 0.1) is 30.0 Å². The van der Waals surface area contributed by atoms with Gasteiger partial charge in [0, 0.05) is 11.0 Å². The van der Waals surface area contributed by atoms with E-state index in [1.54, 1.807) is 18.2 Å². The van der Waals surface area contributed by atoms with E-state index < -0.39 is 34.8 Å². The van der Waals surface area contributed by atoms with E-state index in [1.165, 1.54) is 31.9 Å². The van der Waals surface area contributed by atoms with Gasteiger partial charge < -0.3 is 9.64 Å². The predicted molar refractivity (Wildman–Crippen MR) is 109 cm³/mol. The van der Waals surface area contributed by atoms with Gasteiger partial charge in [-0.25, -0.2) is 9.69 Å². The molecule has 162 valence electrons. The fourth-order valence-electron chi connectivity index (χ4n) is 3.29. The second-order valence-electron chi connectivity index (χ2n) is 7.37. The zero-order chi connectivity index (χ0) is 23.1. The van der Waals surface area contributed by atoms with Crippen LogP contribution in [-0.2, 0) is 17.5 Å². The number of urea groups is 1. The molecule has 1 fully saturated rings. The molecule has 1 heterocycles. The summed E-state index contributed by atoms with van der Waals surface area (Å²) in [5.74, 6) is -0.0717. The number of anilines is 1. The smallest absolute Gasteiger partial charge is 0.417 e. The summed E-state index contributed by atoms with van der Waals surface area (Å²) in [6.07, 6.45) is -4.81. The van der Waals surface area contributed by atoms with Crippen molar-refractivity contribution in [3.8, 4) is 11.8 Å². The minimum Gasteiger partial charge on any atom is -0.497 e. The van der Waals surface area contributed by atoms with Gasteiger partial charge in [0.15, 0.2) is 0 Å². The Morgan fingerprint density at radius 1 is 1.16 bits per heavy atom. The molecule has 1 aliphatic rings. The molecule has 0 radical (unpaired) electrons. The quantitative estimate of drug-likeness (QED) is 0.553. The van der Waals surface area contributed by atoms with Gasteiger partial charge in [-0.3, -0.25) is 4.79 Å². The summed E-state index contributed by atoms with van der Waals surface area (Å²) >= 11 is 3.40. The van der Waals surface area contributed by atoms with E-state index in [1.807, 2.05) is 0 Å². The van der Waals surface area contributed by atoms with Crippen molar-refractivity contribution in [3.63, 3.8) is 0 Å². The molecule has 0 atom stereocenters. The summed E-state index contributed by atoms with van der Waals surface area (Å²) in [4.78, 5) is 28.2. The fraction of sp³-hybridized carbons (Fsp3) is 0.286. The molecule has 0 saturated carbocycles. The van der Waals surface area contributed by atoms with Gasteiger partial charge in [0.25, 0.3) is 5.91 Å². The van der Waals surface area contributed by atoms with Gasteiger partial charge in [-0.05, 0) is 49.7 Å². The Morgan fingerprint density at radius 3 is 2.39 bits per heavy atom. The monoisotopic (exact) mass is 495 g/mol. The lowest BCUT2D eigenvalue weighted by Gasteiger charge is -2.28. The number of halogens is 4. The number of imide groups is 1. The molecule has 10 heteroatoms. The van der Waals surface area contributed by atoms with E-state index in [2.05, 4.69) is 15.9 Å². The summed E-state index contributed by atoms with van der Waals surface area (Å²) in [6.45, 7) is 3.10. The maximum Gasteiger partial charge on any atom is 0.417 e. The van der Waals surface area contributed by atoms with E-state index in [0.29, 0.717) is 26.8 Å². The van der Waals surface area contributed by atoms with Gasteiger partial charge in [0.2, 0.25) is 0 Å². The van der Waals surface area contributed by atoms with Crippen molar-refractivity contribution < 1.29 is 27.5 Å². The number of methoxy groups -OCH3 is 1. The summed E-state index contributed by atoms with van der Waals surface area (Å²) in [5, 5.41) is 8.98. The number of carbonyl (C=O) groups excluding carboxylic acids is 2. The highest BCUT2D eigenvalue weighted by atomic mass is 79.9. The Kier molecular flexibility index (Phi) is 5.76. The van der Waals surface area contributed by atoms with Crippen LogP contribution < -0.4 is 9.64 Å². The van der Waals surface area contributed by atoms with Crippen LogP contribution in [0.2, 0.25) is 0 Å². The van der Waals surface area contributed by atoms with Crippen molar-refractivity contribution in [2.45, 2.75) is 32.1 Å². The summed E-state index contributed by atoms with van der Waals surface area (Å²) in [5.41, 5.74) is -2.66. The van der Waals surface area contributed by atoms with Crippen molar-refractivity contribution in [1.82, 2.24) is 4.90 Å². The number of hydrogen-bond acceptors (Lipinski definition) is 4. The Bertz CT molecular complexity index is 1110. The average molecular weight is 496 g/mol. The van der Waals surface area contributed by atoms with Crippen LogP contribution in [0.25, 0.3) is 0 Å². The highest BCUT2D eigenvalue weighted by Gasteiger charge is 2.52. The molecule has 0 spiro atoms. The molecule has 0 unspecified atom stereocenters. The highest BCUT2D eigenvalue weighted by molar-refractivity contribution is 9.10. The Hall–Kier alpha value is -3.06. The lowest BCUT2D eigenvalue weighted by Crippen LogP contribution is -2.43. The van der Waals surface area contributed by atoms with E-state index in [-0.39, 0.29) is 12.2 Å². The molecule has 3 rings (SSSR count). The molecule has 2 aromatic rings. The second-order valence-corrected chi connectivity index (χ2v) is 8.22. The lowest BCUT2D eigenvalue weighted by molar-refractivity contribution is -0.137. The van der Waals surface area contributed by atoms with Crippen molar-refractivity contribution in [2.24, 2.45) is 0 Å². The standard InChI is InChI=1S/C21H17BrF3N3O3/c1-20(2)18(29)28(14-6-4-12(10-26)16(8-14)21(23,24)25)19(30)27(20)11-13-5-7-15(31-3)9-17(13)22/h4-9H,11H2,1-3H3. The molecule has 0 bridgehead atoms. The molecule has 0 aliphatic carbocycles. The van der Waals surface area contributed by atoms with Gasteiger partial charge in [0.1, 0.15) is 11.3 Å². The Labute approximate surface area is 184 Å². The molecule has 1 aliphatic heterocycles. The minimum absolute atomic E-state index is 0.0427. The van der Waals surface area contributed by atoms with Gasteiger partial charge in [-0.15, -0.1) is 0 Å². The van der Waals surface area contributed by atoms with E-state index in [0.717, 1.165) is 12.1 Å². The highest BCUT2D eigenvalue weighted by Crippen LogP contribution is 2.38. The predicted octanol–water partition coefficient (Wildman–Crippen LogP) is 5.10. The number of rotatable bonds is 4. The molecule has 1 saturated heterocycles. The van der Waals surface area contributed by atoms with Crippen LogP contribution in [-0.4, -0.2) is 29.5 Å². The van der Waals surface area contributed by atoms with Crippen LogP contribution in [0, 0.1) is 11.3 Å². The zero-order valence-corrected chi connectivity index (χ0v) is 18.3. The fourth-order valence-corrected chi connectivity index (χ4v) is 3.77. The van der Waals surface area contributed by atoms with Gasteiger partial charge in [-0.1, -0.05) is 22.0 Å².